The fourth-order valence-electron chi connectivity index (χ4n) is 4.71. The minimum absolute atomic E-state index is 0.307. The van der Waals surface area contributed by atoms with Crippen LogP contribution in [0.25, 0.3) is 0 Å². The lowest BCUT2D eigenvalue weighted by Gasteiger charge is -2.50. The Kier molecular flexibility index (Phi) is 3.84. The van der Waals surface area contributed by atoms with Crippen molar-refractivity contribution in [3.05, 3.63) is 0 Å². The largest absolute Gasteiger partial charge is 0.329 e. The zero-order chi connectivity index (χ0) is 12.6. The lowest BCUT2D eigenvalue weighted by atomic mass is 9.70. The van der Waals surface area contributed by atoms with Crippen LogP contribution in [0.15, 0.2) is 0 Å². The normalized spacial score (nSPS) is 48.5. The van der Waals surface area contributed by atoms with Crippen molar-refractivity contribution in [1.29, 1.82) is 0 Å². The van der Waals surface area contributed by atoms with E-state index in [4.69, 9.17) is 5.73 Å². The smallest absolute Gasteiger partial charge is 0.0339 e. The summed E-state index contributed by atoms with van der Waals surface area (Å²) >= 11 is 0. The van der Waals surface area contributed by atoms with E-state index in [1.807, 2.05) is 0 Å². The number of rotatable bonds is 2. The summed E-state index contributed by atoms with van der Waals surface area (Å²) in [5, 5.41) is 0. The van der Waals surface area contributed by atoms with E-state index in [0.717, 1.165) is 30.3 Å². The highest BCUT2D eigenvalue weighted by atomic mass is 15.3. The number of likely N-dealkylation sites (tertiary alicyclic amines) is 1. The molecule has 2 aliphatic rings. The highest BCUT2D eigenvalue weighted by molar-refractivity contribution is 5.01. The second-order valence-electron chi connectivity index (χ2n) is 7.13. The van der Waals surface area contributed by atoms with E-state index in [1.165, 1.54) is 32.2 Å². The van der Waals surface area contributed by atoms with Crippen molar-refractivity contribution in [1.82, 2.24) is 4.90 Å². The number of nitrogens with zero attached hydrogens (tertiary/aromatic N) is 1. The molecular weight excluding hydrogens is 208 g/mol. The van der Waals surface area contributed by atoms with E-state index in [-0.39, 0.29) is 0 Å². The zero-order valence-corrected chi connectivity index (χ0v) is 12.1. The SMILES string of the molecule is CC1CC(C)N(C2(CN)CC(C)CC(C)C2)C1. The summed E-state index contributed by atoms with van der Waals surface area (Å²) in [6, 6.07) is 0.728. The molecule has 1 saturated heterocycles. The van der Waals surface area contributed by atoms with Gasteiger partial charge in [-0.1, -0.05) is 20.8 Å². The number of nitrogens with two attached hydrogens (primary N) is 1. The summed E-state index contributed by atoms with van der Waals surface area (Å²) < 4.78 is 0. The molecule has 1 saturated carbocycles. The lowest BCUT2D eigenvalue weighted by molar-refractivity contribution is 0.0131. The first-order valence-electron chi connectivity index (χ1n) is 7.43. The van der Waals surface area contributed by atoms with E-state index >= 15 is 0 Å². The number of hydrogen-bond acceptors (Lipinski definition) is 2. The van der Waals surface area contributed by atoms with Gasteiger partial charge in [0.25, 0.3) is 0 Å². The van der Waals surface area contributed by atoms with Crippen molar-refractivity contribution in [3.63, 3.8) is 0 Å². The predicted octanol–water partition coefficient (Wildman–Crippen LogP) is 2.87. The quantitative estimate of drug-likeness (QED) is 0.801. The summed E-state index contributed by atoms with van der Waals surface area (Å²) in [6.45, 7) is 11.7. The second kappa shape index (κ2) is 4.89. The minimum atomic E-state index is 0.307. The van der Waals surface area contributed by atoms with Crippen molar-refractivity contribution in [3.8, 4) is 0 Å². The van der Waals surface area contributed by atoms with Gasteiger partial charge in [-0.2, -0.15) is 0 Å². The molecule has 4 atom stereocenters. The van der Waals surface area contributed by atoms with Crippen LogP contribution in [0, 0.1) is 17.8 Å². The molecular formula is C15H30N2. The molecule has 2 fully saturated rings. The molecule has 2 heteroatoms. The third kappa shape index (κ3) is 2.53. The van der Waals surface area contributed by atoms with Gasteiger partial charge in [0.15, 0.2) is 0 Å². The first kappa shape index (κ1) is 13.4. The van der Waals surface area contributed by atoms with Gasteiger partial charge in [0.1, 0.15) is 0 Å². The lowest BCUT2D eigenvalue weighted by Crippen LogP contribution is -2.58. The third-order valence-electron chi connectivity index (χ3n) is 5.03. The van der Waals surface area contributed by atoms with Crippen molar-refractivity contribution in [2.24, 2.45) is 23.5 Å². The molecule has 1 heterocycles. The summed E-state index contributed by atoms with van der Waals surface area (Å²) in [7, 11) is 0. The molecule has 100 valence electrons. The monoisotopic (exact) mass is 238 g/mol. The van der Waals surface area contributed by atoms with Gasteiger partial charge in [-0.15, -0.1) is 0 Å². The summed E-state index contributed by atoms with van der Waals surface area (Å²) in [5.41, 5.74) is 6.52. The maximum Gasteiger partial charge on any atom is 0.0339 e. The van der Waals surface area contributed by atoms with E-state index in [9.17, 15) is 0 Å². The summed E-state index contributed by atoms with van der Waals surface area (Å²) in [5.74, 6) is 2.52. The van der Waals surface area contributed by atoms with Crippen LogP contribution in [-0.4, -0.2) is 29.6 Å². The molecule has 0 aromatic carbocycles. The van der Waals surface area contributed by atoms with Crippen LogP contribution in [0.1, 0.15) is 53.4 Å². The molecule has 0 amide bonds. The van der Waals surface area contributed by atoms with Gasteiger partial charge in [0.05, 0.1) is 0 Å². The van der Waals surface area contributed by atoms with E-state index in [0.29, 0.717) is 5.54 Å². The average molecular weight is 238 g/mol. The fourth-order valence-corrected chi connectivity index (χ4v) is 4.71. The van der Waals surface area contributed by atoms with Crippen LogP contribution in [-0.2, 0) is 0 Å². The summed E-state index contributed by atoms with van der Waals surface area (Å²) in [4.78, 5) is 2.75. The first-order chi connectivity index (χ1) is 7.97. The molecule has 0 bridgehead atoms. The number of hydrogen-bond donors (Lipinski definition) is 1. The standard InChI is InChI=1S/C15H30N2/c1-11-5-12(2)8-15(7-11,10-16)17-9-13(3)6-14(17)4/h11-14H,5-10,16H2,1-4H3. The van der Waals surface area contributed by atoms with Gasteiger partial charge in [-0.05, 0) is 50.4 Å². The molecule has 4 unspecified atom stereocenters. The van der Waals surface area contributed by atoms with Crippen molar-refractivity contribution >= 4 is 0 Å². The molecule has 0 radical (unpaired) electrons. The molecule has 0 aromatic rings. The summed E-state index contributed by atoms with van der Waals surface area (Å²) in [6.07, 6.45) is 5.36. The Labute approximate surface area is 107 Å². The highest BCUT2D eigenvalue weighted by Crippen LogP contribution is 2.43. The Morgan fingerprint density at radius 2 is 1.59 bits per heavy atom. The topological polar surface area (TPSA) is 29.3 Å². The first-order valence-corrected chi connectivity index (χ1v) is 7.43. The maximum absolute atomic E-state index is 6.21. The molecule has 0 aromatic heterocycles. The van der Waals surface area contributed by atoms with Crippen molar-refractivity contribution < 1.29 is 0 Å². The van der Waals surface area contributed by atoms with Crippen LogP contribution < -0.4 is 5.73 Å². The van der Waals surface area contributed by atoms with Crippen LogP contribution in [0.3, 0.4) is 0 Å². The predicted molar refractivity (Wildman–Crippen MR) is 73.9 cm³/mol. The van der Waals surface area contributed by atoms with Crippen LogP contribution >= 0.6 is 0 Å². The second-order valence-corrected chi connectivity index (χ2v) is 7.13. The maximum atomic E-state index is 6.21. The van der Waals surface area contributed by atoms with E-state index in [1.54, 1.807) is 0 Å². The zero-order valence-electron chi connectivity index (χ0n) is 12.1. The van der Waals surface area contributed by atoms with Gasteiger partial charge >= 0.3 is 0 Å². The van der Waals surface area contributed by atoms with Gasteiger partial charge in [0.2, 0.25) is 0 Å². The third-order valence-corrected chi connectivity index (χ3v) is 5.03. The van der Waals surface area contributed by atoms with Crippen LogP contribution in [0.2, 0.25) is 0 Å². The molecule has 1 aliphatic carbocycles. The molecule has 2 rings (SSSR count). The van der Waals surface area contributed by atoms with Crippen molar-refractivity contribution in [2.75, 3.05) is 13.1 Å². The highest BCUT2D eigenvalue weighted by Gasteiger charge is 2.45. The van der Waals surface area contributed by atoms with Crippen LogP contribution in [0.4, 0.5) is 0 Å². The van der Waals surface area contributed by atoms with E-state index < -0.39 is 0 Å². The van der Waals surface area contributed by atoms with Crippen LogP contribution in [0.5, 0.6) is 0 Å². The van der Waals surface area contributed by atoms with E-state index in [2.05, 4.69) is 32.6 Å². The van der Waals surface area contributed by atoms with Gasteiger partial charge in [0, 0.05) is 24.7 Å². The molecule has 2 nitrogen and oxygen atoms in total. The van der Waals surface area contributed by atoms with Crippen molar-refractivity contribution in [2.45, 2.75) is 65.0 Å². The Morgan fingerprint density at radius 1 is 1.00 bits per heavy atom. The Hall–Kier alpha value is -0.0800. The van der Waals surface area contributed by atoms with Gasteiger partial charge in [-0.25, -0.2) is 0 Å². The average Bonchev–Trinajstić information content (AvgIpc) is 2.56. The molecule has 17 heavy (non-hydrogen) atoms. The fraction of sp³-hybridized carbons (Fsp3) is 1.00. The minimum Gasteiger partial charge on any atom is -0.329 e. The Balaban J connectivity index is 2.18. The Morgan fingerprint density at radius 3 is 2.00 bits per heavy atom. The van der Waals surface area contributed by atoms with Gasteiger partial charge in [-0.3, -0.25) is 4.90 Å². The molecule has 0 spiro atoms. The molecule has 2 N–H and O–H groups in total. The van der Waals surface area contributed by atoms with Gasteiger partial charge < -0.3 is 5.73 Å². The molecule has 1 aliphatic heterocycles. The Bertz CT molecular complexity index is 254.